The number of pyridine rings is 1. The summed E-state index contributed by atoms with van der Waals surface area (Å²) in [6.45, 7) is 1.49. The minimum atomic E-state index is 0.0346. The number of hydrogen-bond donors (Lipinski definition) is 1. The SMILES string of the molecule is N#Cc1ccncc1N1CCC(C(=O)NC2CC2)C1. The molecule has 1 amide bonds. The summed E-state index contributed by atoms with van der Waals surface area (Å²) in [5, 5.41) is 12.1. The first-order valence-corrected chi connectivity index (χ1v) is 6.67. The molecular weight excluding hydrogens is 240 g/mol. The van der Waals surface area contributed by atoms with E-state index >= 15 is 0 Å². The van der Waals surface area contributed by atoms with Crippen molar-refractivity contribution in [1.82, 2.24) is 10.3 Å². The van der Waals surface area contributed by atoms with Crippen molar-refractivity contribution in [3.05, 3.63) is 24.0 Å². The lowest BCUT2D eigenvalue weighted by atomic mass is 10.1. The van der Waals surface area contributed by atoms with Crippen LogP contribution in [0.15, 0.2) is 18.5 Å². The summed E-state index contributed by atoms with van der Waals surface area (Å²) in [5.74, 6) is 0.194. The average molecular weight is 256 g/mol. The fraction of sp³-hybridized carbons (Fsp3) is 0.500. The Morgan fingerprint density at radius 2 is 2.32 bits per heavy atom. The average Bonchev–Trinajstić information content (AvgIpc) is 3.11. The molecule has 1 unspecified atom stereocenters. The van der Waals surface area contributed by atoms with Gasteiger partial charge in [-0.3, -0.25) is 9.78 Å². The van der Waals surface area contributed by atoms with Crippen molar-refractivity contribution in [2.45, 2.75) is 25.3 Å². The molecule has 3 rings (SSSR count). The van der Waals surface area contributed by atoms with Gasteiger partial charge in [0.25, 0.3) is 0 Å². The first kappa shape index (κ1) is 12.0. The third-order valence-corrected chi connectivity index (χ3v) is 3.74. The molecule has 2 heterocycles. The number of carbonyl (C=O) groups excluding carboxylic acids is 1. The Hall–Kier alpha value is -2.09. The van der Waals surface area contributed by atoms with Crippen LogP contribution in [0.2, 0.25) is 0 Å². The molecule has 0 bridgehead atoms. The minimum absolute atomic E-state index is 0.0346. The molecular formula is C14H16N4O. The number of aromatic nitrogens is 1. The summed E-state index contributed by atoms with van der Waals surface area (Å²) >= 11 is 0. The third kappa shape index (κ3) is 2.53. The molecule has 2 fully saturated rings. The Kier molecular flexibility index (Phi) is 3.08. The van der Waals surface area contributed by atoms with E-state index in [9.17, 15) is 4.79 Å². The standard InChI is InChI=1S/C14H16N4O/c15-7-10-3-5-16-8-13(10)18-6-4-11(9-18)14(19)17-12-1-2-12/h3,5,8,11-12H,1-2,4,6,9H2,(H,17,19). The fourth-order valence-electron chi connectivity index (χ4n) is 2.47. The summed E-state index contributed by atoms with van der Waals surface area (Å²) in [5.41, 5.74) is 1.46. The molecule has 98 valence electrons. The van der Waals surface area contributed by atoms with E-state index in [-0.39, 0.29) is 11.8 Å². The molecule has 0 aromatic carbocycles. The second kappa shape index (κ2) is 4.88. The van der Waals surface area contributed by atoms with Crippen LogP contribution in [0.1, 0.15) is 24.8 Å². The largest absolute Gasteiger partial charge is 0.368 e. The van der Waals surface area contributed by atoms with Gasteiger partial charge in [-0.25, -0.2) is 0 Å². The van der Waals surface area contributed by atoms with Crippen molar-refractivity contribution in [2.24, 2.45) is 5.92 Å². The minimum Gasteiger partial charge on any atom is -0.368 e. The predicted octanol–water partition coefficient (Wildman–Crippen LogP) is 1.06. The van der Waals surface area contributed by atoms with Gasteiger partial charge in [0.05, 0.1) is 23.4 Å². The first-order chi connectivity index (χ1) is 9.28. The molecule has 5 nitrogen and oxygen atoms in total. The zero-order valence-electron chi connectivity index (χ0n) is 10.7. The highest BCUT2D eigenvalue weighted by Gasteiger charge is 2.32. The molecule has 1 saturated heterocycles. The molecule has 1 aromatic rings. The summed E-state index contributed by atoms with van der Waals surface area (Å²) in [4.78, 5) is 18.2. The van der Waals surface area contributed by atoms with Crippen molar-refractivity contribution in [3.63, 3.8) is 0 Å². The van der Waals surface area contributed by atoms with Crippen LogP contribution in [-0.4, -0.2) is 30.0 Å². The number of anilines is 1. The van der Waals surface area contributed by atoms with Crippen LogP contribution in [-0.2, 0) is 4.79 Å². The first-order valence-electron chi connectivity index (χ1n) is 6.67. The van der Waals surface area contributed by atoms with Crippen LogP contribution in [0.5, 0.6) is 0 Å². The van der Waals surface area contributed by atoms with Gasteiger partial charge in [-0.2, -0.15) is 5.26 Å². The molecule has 1 saturated carbocycles. The molecule has 1 aliphatic carbocycles. The van der Waals surface area contributed by atoms with E-state index < -0.39 is 0 Å². The van der Waals surface area contributed by atoms with Crippen LogP contribution < -0.4 is 10.2 Å². The van der Waals surface area contributed by atoms with Crippen molar-refractivity contribution < 1.29 is 4.79 Å². The zero-order chi connectivity index (χ0) is 13.2. The molecule has 1 aromatic heterocycles. The number of amides is 1. The maximum absolute atomic E-state index is 12.0. The number of rotatable bonds is 3. The Morgan fingerprint density at radius 3 is 3.05 bits per heavy atom. The highest BCUT2D eigenvalue weighted by atomic mass is 16.2. The van der Waals surface area contributed by atoms with Crippen LogP contribution in [0, 0.1) is 17.2 Å². The lowest BCUT2D eigenvalue weighted by molar-refractivity contribution is -0.124. The van der Waals surface area contributed by atoms with Crippen LogP contribution >= 0.6 is 0 Å². The highest BCUT2D eigenvalue weighted by molar-refractivity contribution is 5.80. The quantitative estimate of drug-likeness (QED) is 0.878. The number of nitriles is 1. The van der Waals surface area contributed by atoms with E-state index in [1.54, 1.807) is 18.5 Å². The van der Waals surface area contributed by atoms with Crippen LogP contribution in [0.4, 0.5) is 5.69 Å². The maximum Gasteiger partial charge on any atom is 0.225 e. The number of nitrogens with zero attached hydrogens (tertiary/aromatic N) is 3. The van der Waals surface area contributed by atoms with Crippen LogP contribution in [0.25, 0.3) is 0 Å². The highest BCUT2D eigenvalue weighted by Crippen LogP contribution is 2.27. The van der Waals surface area contributed by atoms with Crippen molar-refractivity contribution in [1.29, 1.82) is 5.26 Å². The summed E-state index contributed by atoms with van der Waals surface area (Å²) in [7, 11) is 0. The molecule has 1 atom stereocenters. The number of nitrogens with one attached hydrogen (secondary N) is 1. The van der Waals surface area contributed by atoms with Crippen molar-refractivity contribution >= 4 is 11.6 Å². The zero-order valence-corrected chi connectivity index (χ0v) is 10.7. The number of hydrogen-bond acceptors (Lipinski definition) is 4. The molecule has 0 spiro atoms. The number of carbonyl (C=O) groups is 1. The van der Waals surface area contributed by atoms with E-state index in [0.717, 1.165) is 31.5 Å². The Morgan fingerprint density at radius 1 is 1.47 bits per heavy atom. The van der Waals surface area contributed by atoms with E-state index in [0.29, 0.717) is 18.2 Å². The topological polar surface area (TPSA) is 69.0 Å². The lowest BCUT2D eigenvalue weighted by Crippen LogP contribution is -2.34. The molecule has 1 aliphatic heterocycles. The van der Waals surface area contributed by atoms with Crippen molar-refractivity contribution in [2.75, 3.05) is 18.0 Å². The van der Waals surface area contributed by atoms with E-state index in [1.807, 2.05) is 0 Å². The summed E-state index contributed by atoms with van der Waals surface area (Å²) in [6.07, 6.45) is 6.40. The van der Waals surface area contributed by atoms with Gasteiger partial charge in [0.1, 0.15) is 6.07 Å². The van der Waals surface area contributed by atoms with Gasteiger partial charge in [-0.1, -0.05) is 0 Å². The van der Waals surface area contributed by atoms with E-state index in [1.165, 1.54) is 0 Å². The van der Waals surface area contributed by atoms with Gasteiger partial charge >= 0.3 is 0 Å². The van der Waals surface area contributed by atoms with E-state index in [4.69, 9.17) is 5.26 Å². The summed E-state index contributed by atoms with van der Waals surface area (Å²) in [6, 6.07) is 4.30. The van der Waals surface area contributed by atoms with E-state index in [2.05, 4.69) is 21.3 Å². The van der Waals surface area contributed by atoms with Gasteiger partial charge in [0.2, 0.25) is 5.91 Å². The third-order valence-electron chi connectivity index (χ3n) is 3.74. The second-order valence-corrected chi connectivity index (χ2v) is 5.22. The Labute approximate surface area is 112 Å². The second-order valence-electron chi connectivity index (χ2n) is 5.22. The van der Waals surface area contributed by atoms with Crippen molar-refractivity contribution in [3.8, 4) is 6.07 Å². The molecule has 5 heteroatoms. The van der Waals surface area contributed by atoms with Gasteiger partial charge in [0.15, 0.2) is 0 Å². The fourth-order valence-corrected chi connectivity index (χ4v) is 2.47. The Balaban J connectivity index is 1.68. The van der Waals surface area contributed by atoms with Gasteiger partial charge in [-0.15, -0.1) is 0 Å². The molecule has 2 aliphatic rings. The maximum atomic E-state index is 12.0. The smallest absolute Gasteiger partial charge is 0.225 e. The normalized spacial score (nSPS) is 22.1. The molecule has 19 heavy (non-hydrogen) atoms. The molecule has 0 radical (unpaired) electrons. The van der Waals surface area contributed by atoms with Gasteiger partial charge in [0, 0.05) is 25.3 Å². The summed E-state index contributed by atoms with van der Waals surface area (Å²) < 4.78 is 0. The van der Waals surface area contributed by atoms with Crippen LogP contribution in [0.3, 0.4) is 0 Å². The van der Waals surface area contributed by atoms with Gasteiger partial charge in [-0.05, 0) is 25.3 Å². The Bertz CT molecular complexity index is 532. The molecule has 1 N–H and O–H groups in total. The predicted molar refractivity (Wildman–Crippen MR) is 70.4 cm³/mol. The van der Waals surface area contributed by atoms with Gasteiger partial charge < -0.3 is 10.2 Å². The monoisotopic (exact) mass is 256 g/mol. The lowest BCUT2D eigenvalue weighted by Gasteiger charge is -2.19.